The van der Waals surface area contributed by atoms with Gasteiger partial charge in [-0.1, -0.05) is 24.3 Å². The second-order valence-electron chi connectivity index (χ2n) is 5.58. The summed E-state index contributed by atoms with van der Waals surface area (Å²) >= 11 is 1.58. The van der Waals surface area contributed by atoms with Gasteiger partial charge >= 0.3 is 5.97 Å². The standard InChI is InChI=1S/C19H20N2O3S/c22-19(23)14-6-1-4-9-17(14)25-13-5-11-20-12-10-18-21-15-7-2-3-8-16(15)24-18/h1-4,6-9,20H,5,10-13H2,(H,22,23). The van der Waals surface area contributed by atoms with E-state index >= 15 is 0 Å². The van der Waals surface area contributed by atoms with Gasteiger partial charge in [0.05, 0.1) is 5.56 Å². The van der Waals surface area contributed by atoms with Crippen LogP contribution in [0.25, 0.3) is 11.1 Å². The van der Waals surface area contributed by atoms with Crippen molar-refractivity contribution in [1.29, 1.82) is 0 Å². The molecule has 2 N–H and O–H groups in total. The van der Waals surface area contributed by atoms with Gasteiger partial charge in [-0.05, 0) is 43.0 Å². The number of hydrogen-bond donors (Lipinski definition) is 2. The van der Waals surface area contributed by atoms with Crippen molar-refractivity contribution in [2.75, 3.05) is 18.8 Å². The van der Waals surface area contributed by atoms with Gasteiger partial charge in [-0.3, -0.25) is 0 Å². The number of rotatable bonds is 9. The van der Waals surface area contributed by atoms with E-state index in [1.807, 2.05) is 36.4 Å². The maximum atomic E-state index is 11.2. The number of aromatic nitrogens is 1. The minimum Gasteiger partial charge on any atom is -0.478 e. The highest BCUT2D eigenvalue weighted by Gasteiger charge is 2.09. The van der Waals surface area contributed by atoms with Crippen molar-refractivity contribution < 1.29 is 14.3 Å². The second-order valence-corrected chi connectivity index (χ2v) is 6.72. The first-order chi connectivity index (χ1) is 12.2. The number of oxazole rings is 1. The van der Waals surface area contributed by atoms with Crippen LogP contribution in [-0.2, 0) is 6.42 Å². The molecular weight excluding hydrogens is 336 g/mol. The Morgan fingerprint density at radius 2 is 1.92 bits per heavy atom. The Kier molecular flexibility index (Phi) is 6.09. The second kappa shape index (κ2) is 8.69. The van der Waals surface area contributed by atoms with Crippen LogP contribution in [0.3, 0.4) is 0 Å². The molecule has 0 radical (unpaired) electrons. The Balaban J connectivity index is 1.35. The number of carbonyl (C=O) groups is 1. The number of aromatic carboxylic acids is 1. The fraction of sp³-hybridized carbons (Fsp3) is 0.263. The molecule has 6 heteroatoms. The summed E-state index contributed by atoms with van der Waals surface area (Å²) in [6, 6.07) is 14.9. The van der Waals surface area contributed by atoms with Gasteiger partial charge in [0.1, 0.15) is 5.52 Å². The van der Waals surface area contributed by atoms with E-state index in [4.69, 9.17) is 9.52 Å². The van der Waals surface area contributed by atoms with Crippen LogP contribution in [0, 0.1) is 0 Å². The van der Waals surface area contributed by atoms with E-state index < -0.39 is 5.97 Å². The number of benzene rings is 2. The van der Waals surface area contributed by atoms with Gasteiger partial charge < -0.3 is 14.8 Å². The molecule has 0 saturated carbocycles. The van der Waals surface area contributed by atoms with Crippen LogP contribution in [0.1, 0.15) is 22.7 Å². The highest BCUT2D eigenvalue weighted by Crippen LogP contribution is 2.23. The fourth-order valence-electron chi connectivity index (χ4n) is 2.50. The van der Waals surface area contributed by atoms with Crippen molar-refractivity contribution >= 4 is 28.8 Å². The number of para-hydroxylation sites is 2. The van der Waals surface area contributed by atoms with Crippen LogP contribution in [0.15, 0.2) is 57.8 Å². The number of carboxylic acid groups (broad SMARTS) is 1. The van der Waals surface area contributed by atoms with Gasteiger partial charge in [-0.15, -0.1) is 11.8 Å². The number of carboxylic acids is 1. The Morgan fingerprint density at radius 3 is 2.76 bits per heavy atom. The molecule has 5 nitrogen and oxygen atoms in total. The molecule has 25 heavy (non-hydrogen) atoms. The molecule has 3 aromatic rings. The summed E-state index contributed by atoms with van der Waals surface area (Å²) in [5.74, 6) is 0.748. The Labute approximate surface area is 150 Å². The number of hydrogen-bond acceptors (Lipinski definition) is 5. The molecule has 2 aromatic carbocycles. The molecule has 0 spiro atoms. The van der Waals surface area contributed by atoms with Crippen LogP contribution in [0.2, 0.25) is 0 Å². The van der Waals surface area contributed by atoms with E-state index in [-0.39, 0.29) is 0 Å². The maximum absolute atomic E-state index is 11.2. The van der Waals surface area contributed by atoms with E-state index in [1.165, 1.54) is 0 Å². The fourth-order valence-corrected chi connectivity index (χ4v) is 3.49. The minimum atomic E-state index is -0.875. The van der Waals surface area contributed by atoms with Gasteiger partial charge in [0.25, 0.3) is 0 Å². The van der Waals surface area contributed by atoms with Crippen molar-refractivity contribution in [3.8, 4) is 0 Å². The van der Waals surface area contributed by atoms with E-state index in [1.54, 1.807) is 23.9 Å². The number of nitrogens with zero attached hydrogens (tertiary/aromatic N) is 1. The third-order valence-corrected chi connectivity index (χ3v) is 4.89. The lowest BCUT2D eigenvalue weighted by Gasteiger charge is -2.06. The minimum absolute atomic E-state index is 0.372. The van der Waals surface area contributed by atoms with Gasteiger partial charge in [-0.25, -0.2) is 9.78 Å². The predicted molar refractivity (Wildman–Crippen MR) is 99.3 cm³/mol. The lowest BCUT2D eigenvalue weighted by molar-refractivity contribution is 0.0693. The number of thioether (sulfide) groups is 1. The molecule has 0 bridgehead atoms. The summed E-state index contributed by atoms with van der Waals surface area (Å²) in [4.78, 5) is 16.4. The average molecular weight is 356 g/mol. The van der Waals surface area contributed by atoms with E-state index in [0.29, 0.717) is 5.56 Å². The summed E-state index contributed by atoms with van der Waals surface area (Å²) in [7, 11) is 0. The lowest BCUT2D eigenvalue weighted by atomic mass is 10.2. The van der Waals surface area contributed by atoms with E-state index in [9.17, 15) is 4.79 Å². The van der Waals surface area contributed by atoms with Gasteiger partial charge in [-0.2, -0.15) is 0 Å². The largest absolute Gasteiger partial charge is 0.478 e. The number of nitrogens with one attached hydrogen (secondary N) is 1. The molecule has 1 aromatic heterocycles. The van der Waals surface area contributed by atoms with Crippen LogP contribution in [-0.4, -0.2) is 34.9 Å². The first kappa shape index (κ1) is 17.5. The first-order valence-electron chi connectivity index (χ1n) is 8.24. The molecule has 0 aliphatic rings. The lowest BCUT2D eigenvalue weighted by Crippen LogP contribution is -2.19. The molecule has 0 atom stereocenters. The average Bonchev–Trinajstić information content (AvgIpc) is 3.04. The first-order valence-corrected chi connectivity index (χ1v) is 9.23. The maximum Gasteiger partial charge on any atom is 0.336 e. The summed E-state index contributed by atoms with van der Waals surface area (Å²) in [6.45, 7) is 1.69. The molecule has 1 heterocycles. The van der Waals surface area contributed by atoms with Crippen molar-refractivity contribution in [2.24, 2.45) is 0 Å². The molecule has 0 aliphatic carbocycles. The molecule has 0 saturated heterocycles. The summed E-state index contributed by atoms with van der Waals surface area (Å²) in [6.07, 6.45) is 1.72. The Bertz CT molecular complexity index is 814. The molecule has 0 fully saturated rings. The summed E-state index contributed by atoms with van der Waals surface area (Å²) in [5, 5.41) is 12.5. The topological polar surface area (TPSA) is 75.4 Å². The van der Waals surface area contributed by atoms with Crippen LogP contribution >= 0.6 is 11.8 Å². The molecule has 0 unspecified atom stereocenters. The van der Waals surface area contributed by atoms with E-state index in [2.05, 4.69) is 10.3 Å². The zero-order valence-electron chi connectivity index (χ0n) is 13.8. The van der Waals surface area contributed by atoms with Crippen molar-refractivity contribution in [3.05, 3.63) is 60.0 Å². The Hall–Kier alpha value is -2.31. The van der Waals surface area contributed by atoms with Crippen LogP contribution < -0.4 is 5.32 Å². The monoisotopic (exact) mass is 356 g/mol. The quantitative estimate of drug-likeness (QED) is 0.448. The molecular formula is C19H20N2O3S. The highest BCUT2D eigenvalue weighted by molar-refractivity contribution is 7.99. The van der Waals surface area contributed by atoms with Crippen molar-refractivity contribution in [1.82, 2.24) is 10.3 Å². The van der Waals surface area contributed by atoms with Crippen molar-refractivity contribution in [3.63, 3.8) is 0 Å². The van der Waals surface area contributed by atoms with Crippen molar-refractivity contribution in [2.45, 2.75) is 17.7 Å². The number of fused-ring (bicyclic) bond motifs is 1. The molecule has 130 valence electrons. The van der Waals surface area contributed by atoms with Gasteiger partial charge in [0, 0.05) is 17.9 Å². The Morgan fingerprint density at radius 1 is 1.12 bits per heavy atom. The summed E-state index contributed by atoms with van der Waals surface area (Å²) < 4.78 is 5.68. The summed E-state index contributed by atoms with van der Waals surface area (Å²) in [5.41, 5.74) is 2.09. The third kappa shape index (κ3) is 4.84. The SMILES string of the molecule is O=C(O)c1ccccc1SCCCNCCc1nc2ccccc2o1. The zero-order chi connectivity index (χ0) is 17.5. The normalized spacial score (nSPS) is 11.0. The van der Waals surface area contributed by atoms with Gasteiger partial charge in [0.2, 0.25) is 0 Å². The van der Waals surface area contributed by atoms with Gasteiger partial charge in [0.15, 0.2) is 11.5 Å². The molecule has 3 rings (SSSR count). The third-order valence-electron chi connectivity index (χ3n) is 3.73. The zero-order valence-corrected chi connectivity index (χ0v) is 14.6. The highest BCUT2D eigenvalue weighted by atomic mass is 32.2. The van der Waals surface area contributed by atoms with Crippen LogP contribution in [0.5, 0.6) is 0 Å². The van der Waals surface area contributed by atoms with E-state index in [0.717, 1.165) is 53.6 Å². The molecule has 0 aliphatic heterocycles. The predicted octanol–water partition coefficient (Wildman–Crippen LogP) is 3.84. The smallest absolute Gasteiger partial charge is 0.336 e. The molecule has 0 amide bonds. The van der Waals surface area contributed by atoms with Crippen LogP contribution in [0.4, 0.5) is 0 Å².